The number of aromatic nitrogens is 1. The maximum atomic E-state index is 13.2. The number of rotatable bonds is 7. The predicted octanol–water partition coefficient (Wildman–Crippen LogP) is 2.24. The van der Waals surface area contributed by atoms with Crippen LogP contribution < -0.4 is 10.6 Å². The molecule has 4 heterocycles. The topological polar surface area (TPSA) is 82.8 Å². The third-order valence-electron chi connectivity index (χ3n) is 7.45. The molecule has 2 amide bonds. The summed E-state index contributed by atoms with van der Waals surface area (Å²) in [6, 6.07) is 12.2. The fourth-order valence-electron chi connectivity index (χ4n) is 5.58. The first-order chi connectivity index (χ1) is 16.5. The highest BCUT2D eigenvalue weighted by Crippen LogP contribution is 2.30. The lowest BCUT2D eigenvalue weighted by Crippen LogP contribution is -2.49. The van der Waals surface area contributed by atoms with Gasteiger partial charge in [-0.25, -0.2) is 0 Å². The molecule has 0 unspecified atom stereocenters. The average molecular weight is 464 g/mol. The molecule has 8 nitrogen and oxygen atoms in total. The molecule has 0 radical (unpaired) electrons. The van der Waals surface area contributed by atoms with Crippen LogP contribution in [0.3, 0.4) is 0 Å². The summed E-state index contributed by atoms with van der Waals surface area (Å²) in [5.41, 5.74) is 2.46. The molecule has 34 heavy (non-hydrogen) atoms. The van der Waals surface area contributed by atoms with E-state index in [1.165, 1.54) is 16.5 Å². The molecule has 0 saturated carbocycles. The van der Waals surface area contributed by atoms with Gasteiger partial charge in [0.2, 0.25) is 11.8 Å². The first-order valence-corrected chi connectivity index (χ1v) is 12.1. The number of benzene rings is 1. The second-order valence-electron chi connectivity index (χ2n) is 9.51. The molecular weight excluding hydrogens is 430 g/mol. The fraction of sp³-hybridized carbons (Fsp3) is 0.462. The zero-order valence-corrected chi connectivity index (χ0v) is 19.9. The minimum absolute atomic E-state index is 0.000859. The number of aryl methyl sites for hydroxylation is 1. The molecule has 2 saturated heterocycles. The first kappa shape index (κ1) is 22.7. The molecule has 3 aromatic rings. The van der Waals surface area contributed by atoms with E-state index in [-0.39, 0.29) is 29.9 Å². The van der Waals surface area contributed by atoms with Crippen molar-refractivity contribution in [3.63, 3.8) is 0 Å². The number of fused-ring (bicyclic) bond motifs is 2. The summed E-state index contributed by atoms with van der Waals surface area (Å²) >= 11 is 0. The minimum Gasteiger partial charge on any atom is -0.467 e. The van der Waals surface area contributed by atoms with Crippen molar-refractivity contribution in [2.75, 3.05) is 20.1 Å². The summed E-state index contributed by atoms with van der Waals surface area (Å²) in [4.78, 5) is 30.2. The molecule has 180 valence electrons. The van der Waals surface area contributed by atoms with Crippen molar-refractivity contribution in [1.82, 2.24) is 25.0 Å². The SMILES string of the molecule is CN1[C@@H](CCC(=O)NCc2ccco2)CNC(=O)[C@@H]2[C@H]1CCN2Cc1cn(C)c2ccccc12. The van der Waals surface area contributed by atoms with Gasteiger partial charge in [-0.3, -0.25) is 19.4 Å². The highest BCUT2D eigenvalue weighted by atomic mass is 16.3. The van der Waals surface area contributed by atoms with E-state index in [9.17, 15) is 9.59 Å². The number of nitrogens with one attached hydrogen (secondary N) is 2. The van der Waals surface area contributed by atoms with Crippen LogP contribution in [0.4, 0.5) is 0 Å². The molecule has 2 N–H and O–H groups in total. The third kappa shape index (κ3) is 4.48. The highest BCUT2D eigenvalue weighted by molar-refractivity contribution is 5.85. The van der Waals surface area contributed by atoms with Crippen molar-refractivity contribution in [3.05, 3.63) is 60.2 Å². The van der Waals surface area contributed by atoms with Gasteiger partial charge in [0, 0.05) is 62.3 Å². The van der Waals surface area contributed by atoms with E-state index in [2.05, 4.69) is 69.6 Å². The molecule has 0 spiro atoms. The van der Waals surface area contributed by atoms with Crippen molar-refractivity contribution < 1.29 is 14.0 Å². The Morgan fingerprint density at radius 1 is 1.21 bits per heavy atom. The number of hydrogen-bond acceptors (Lipinski definition) is 5. The molecule has 8 heteroatoms. The molecule has 0 aliphatic carbocycles. The summed E-state index contributed by atoms with van der Waals surface area (Å²) in [6.07, 6.45) is 5.85. The van der Waals surface area contributed by atoms with E-state index in [0.29, 0.717) is 25.9 Å². The second kappa shape index (κ2) is 9.64. The van der Waals surface area contributed by atoms with Gasteiger partial charge in [-0.1, -0.05) is 18.2 Å². The van der Waals surface area contributed by atoms with Gasteiger partial charge in [0.15, 0.2) is 0 Å². The van der Waals surface area contributed by atoms with E-state index >= 15 is 0 Å². The largest absolute Gasteiger partial charge is 0.467 e. The van der Waals surface area contributed by atoms with Crippen LogP contribution in [0.2, 0.25) is 0 Å². The molecule has 2 fully saturated rings. The fourth-order valence-corrected chi connectivity index (χ4v) is 5.58. The van der Waals surface area contributed by atoms with E-state index < -0.39 is 0 Å². The quantitative estimate of drug-likeness (QED) is 0.562. The molecular formula is C26H33N5O3. The molecule has 2 aromatic heterocycles. The Labute approximate surface area is 199 Å². The summed E-state index contributed by atoms with van der Waals surface area (Å²) in [5.74, 6) is 0.840. The van der Waals surface area contributed by atoms with Gasteiger partial charge in [-0.2, -0.15) is 0 Å². The van der Waals surface area contributed by atoms with Gasteiger partial charge in [0.1, 0.15) is 11.8 Å². The summed E-state index contributed by atoms with van der Waals surface area (Å²) in [5, 5.41) is 7.32. The lowest BCUT2D eigenvalue weighted by atomic mass is 10.0. The summed E-state index contributed by atoms with van der Waals surface area (Å²) in [6.45, 7) is 2.60. The molecule has 3 atom stereocenters. The van der Waals surface area contributed by atoms with E-state index in [1.807, 2.05) is 12.1 Å². The third-order valence-corrected chi connectivity index (χ3v) is 7.45. The van der Waals surface area contributed by atoms with Gasteiger partial charge in [-0.05, 0) is 43.7 Å². The number of carbonyl (C=O) groups is 2. The minimum atomic E-state index is -0.179. The Kier molecular flexibility index (Phi) is 6.43. The lowest BCUT2D eigenvalue weighted by molar-refractivity contribution is -0.126. The molecule has 5 rings (SSSR count). The number of likely N-dealkylation sites (tertiary alicyclic amines) is 1. The van der Waals surface area contributed by atoms with Crippen molar-refractivity contribution in [3.8, 4) is 0 Å². The van der Waals surface area contributed by atoms with Crippen LogP contribution in [0.25, 0.3) is 10.9 Å². The van der Waals surface area contributed by atoms with Crippen LogP contribution in [-0.4, -0.2) is 64.4 Å². The number of furan rings is 1. The van der Waals surface area contributed by atoms with E-state index in [0.717, 1.165) is 25.3 Å². The zero-order valence-electron chi connectivity index (χ0n) is 19.9. The second-order valence-corrected chi connectivity index (χ2v) is 9.51. The number of hydrogen-bond donors (Lipinski definition) is 2. The standard InChI is InChI=1S/C26H33N5O3/c1-29-16-18(21-7-3-4-8-22(21)29)17-31-12-11-23-25(31)26(33)28-14-19(30(23)2)9-10-24(32)27-15-20-6-5-13-34-20/h3-8,13,16,19,23,25H,9-12,14-15,17H2,1-2H3,(H,27,32)(H,28,33)/t19-,23+,25-/m0/s1. The Balaban J connectivity index is 1.22. The van der Waals surface area contributed by atoms with Gasteiger partial charge < -0.3 is 19.6 Å². The van der Waals surface area contributed by atoms with Crippen LogP contribution in [0.1, 0.15) is 30.6 Å². The summed E-state index contributed by atoms with van der Waals surface area (Å²) < 4.78 is 7.43. The normalized spacial score (nSPS) is 23.6. The van der Waals surface area contributed by atoms with Crippen LogP contribution in [0.15, 0.2) is 53.3 Å². The first-order valence-electron chi connectivity index (χ1n) is 12.1. The number of likely N-dealkylation sites (N-methyl/N-ethyl adjacent to an activating group) is 1. The lowest BCUT2D eigenvalue weighted by Gasteiger charge is -2.33. The van der Waals surface area contributed by atoms with Crippen LogP contribution >= 0.6 is 0 Å². The number of para-hydroxylation sites is 1. The van der Waals surface area contributed by atoms with Crippen molar-refractivity contribution >= 4 is 22.7 Å². The molecule has 2 aliphatic rings. The maximum absolute atomic E-state index is 13.2. The van der Waals surface area contributed by atoms with Gasteiger partial charge >= 0.3 is 0 Å². The predicted molar refractivity (Wildman–Crippen MR) is 130 cm³/mol. The molecule has 1 aromatic carbocycles. The van der Waals surface area contributed by atoms with Crippen LogP contribution in [0, 0.1) is 0 Å². The number of nitrogens with zero attached hydrogens (tertiary/aromatic N) is 3. The molecule has 2 aliphatic heterocycles. The van der Waals surface area contributed by atoms with Crippen molar-refractivity contribution in [2.24, 2.45) is 7.05 Å². The van der Waals surface area contributed by atoms with Crippen LogP contribution in [-0.2, 0) is 29.7 Å². The van der Waals surface area contributed by atoms with E-state index in [4.69, 9.17) is 4.42 Å². The van der Waals surface area contributed by atoms with Gasteiger partial charge in [0.25, 0.3) is 0 Å². The Morgan fingerprint density at radius 2 is 2.06 bits per heavy atom. The van der Waals surface area contributed by atoms with Gasteiger partial charge in [0.05, 0.1) is 12.8 Å². The molecule has 0 bridgehead atoms. The van der Waals surface area contributed by atoms with E-state index in [1.54, 1.807) is 6.26 Å². The Bertz CT molecular complexity index is 1150. The van der Waals surface area contributed by atoms with Crippen LogP contribution in [0.5, 0.6) is 0 Å². The average Bonchev–Trinajstić information content (AvgIpc) is 3.56. The van der Waals surface area contributed by atoms with Crippen molar-refractivity contribution in [1.29, 1.82) is 0 Å². The van der Waals surface area contributed by atoms with Gasteiger partial charge in [-0.15, -0.1) is 0 Å². The number of amides is 2. The summed E-state index contributed by atoms with van der Waals surface area (Å²) in [7, 11) is 4.17. The van der Waals surface area contributed by atoms with Crippen molar-refractivity contribution in [2.45, 2.75) is 50.5 Å². The smallest absolute Gasteiger partial charge is 0.239 e. The number of carbonyl (C=O) groups excluding carboxylic acids is 2. The highest BCUT2D eigenvalue weighted by Gasteiger charge is 2.45. The monoisotopic (exact) mass is 463 g/mol. The maximum Gasteiger partial charge on any atom is 0.239 e. The Hall–Kier alpha value is -3.10. The zero-order chi connectivity index (χ0) is 23.7. The Morgan fingerprint density at radius 3 is 2.88 bits per heavy atom.